The van der Waals surface area contributed by atoms with Crippen molar-refractivity contribution in [1.29, 1.82) is 0 Å². The van der Waals surface area contributed by atoms with Crippen LogP contribution >= 0.6 is 15.9 Å². The van der Waals surface area contributed by atoms with Gasteiger partial charge in [-0.2, -0.15) is 10.1 Å². The van der Waals surface area contributed by atoms with E-state index in [1.165, 1.54) is 13.1 Å². The van der Waals surface area contributed by atoms with Gasteiger partial charge in [0.25, 0.3) is 0 Å². The van der Waals surface area contributed by atoms with Crippen molar-refractivity contribution in [3.05, 3.63) is 64.8 Å². The number of carbonyl (C=O) groups is 1. The molecule has 7 heteroatoms. The number of benzene rings is 2. The van der Waals surface area contributed by atoms with Crippen LogP contribution in [0.1, 0.15) is 17.3 Å². The van der Waals surface area contributed by atoms with Crippen LogP contribution in [-0.2, 0) is 0 Å². The number of carbonyl (C=O) groups excluding carboxylic acids is 1. The Morgan fingerprint density at radius 1 is 1.04 bits per heavy atom. The van der Waals surface area contributed by atoms with Gasteiger partial charge in [-0.1, -0.05) is 12.1 Å². The third-order valence-electron chi connectivity index (χ3n) is 3.24. The molecule has 3 aromatic rings. The van der Waals surface area contributed by atoms with Crippen LogP contribution in [0.4, 0.5) is 23.1 Å². The summed E-state index contributed by atoms with van der Waals surface area (Å²) in [5.41, 5.74) is 2.33. The number of Topliss-reactive ketones (excluding diaryl/α,β-unsaturated/α-hetero) is 1. The molecule has 0 saturated heterocycles. The molecule has 0 bridgehead atoms. The average molecular weight is 384 g/mol. The Labute approximate surface area is 147 Å². The summed E-state index contributed by atoms with van der Waals surface area (Å²) in [4.78, 5) is 15.7. The van der Waals surface area contributed by atoms with Crippen molar-refractivity contribution in [1.82, 2.24) is 15.2 Å². The standard InChI is InChI=1S/C17H14BrN5O/c1-11(24)12-6-8-13(9-7-12)20-16-10-19-23-17(22-16)21-15-5-3-2-4-14(15)18/h2-10H,1H3,(H2,20,21,22,23). The second-order valence-electron chi connectivity index (χ2n) is 5.03. The summed E-state index contributed by atoms with van der Waals surface area (Å²) in [5.74, 6) is 0.965. The molecule has 0 aliphatic carbocycles. The number of anilines is 4. The van der Waals surface area contributed by atoms with E-state index in [0.717, 1.165) is 15.8 Å². The molecule has 2 aromatic carbocycles. The Hall–Kier alpha value is -2.80. The maximum atomic E-state index is 11.3. The van der Waals surface area contributed by atoms with Gasteiger partial charge in [0, 0.05) is 15.7 Å². The molecule has 3 rings (SSSR count). The average Bonchev–Trinajstić information content (AvgIpc) is 2.58. The number of halogens is 1. The normalized spacial score (nSPS) is 10.2. The number of hydrogen-bond acceptors (Lipinski definition) is 6. The van der Waals surface area contributed by atoms with E-state index in [4.69, 9.17) is 0 Å². The largest absolute Gasteiger partial charge is 0.339 e. The van der Waals surface area contributed by atoms with Gasteiger partial charge in [0.1, 0.15) is 0 Å². The fourth-order valence-corrected chi connectivity index (χ4v) is 2.42. The van der Waals surface area contributed by atoms with Crippen molar-refractivity contribution in [2.45, 2.75) is 6.92 Å². The second-order valence-corrected chi connectivity index (χ2v) is 5.88. The number of nitrogens with one attached hydrogen (secondary N) is 2. The van der Waals surface area contributed by atoms with Crippen molar-refractivity contribution in [3.63, 3.8) is 0 Å². The highest BCUT2D eigenvalue weighted by Crippen LogP contribution is 2.24. The molecule has 0 radical (unpaired) electrons. The molecule has 6 nitrogen and oxygen atoms in total. The molecule has 0 amide bonds. The molecule has 0 atom stereocenters. The Bertz CT molecular complexity index is 867. The van der Waals surface area contributed by atoms with E-state index >= 15 is 0 Å². The van der Waals surface area contributed by atoms with Gasteiger partial charge >= 0.3 is 0 Å². The number of para-hydroxylation sites is 1. The summed E-state index contributed by atoms with van der Waals surface area (Å²) < 4.78 is 0.909. The quantitative estimate of drug-likeness (QED) is 0.638. The van der Waals surface area contributed by atoms with Crippen LogP contribution in [0.15, 0.2) is 59.2 Å². The predicted octanol–water partition coefficient (Wildman–Crippen LogP) is 4.32. The van der Waals surface area contributed by atoms with Crippen LogP contribution in [0, 0.1) is 0 Å². The minimum absolute atomic E-state index is 0.0326. The van der Waals surface area contributed by atoms with Gasteiger partial charge in [0.05, 0.1) is 11.9 Å². The van der Waals surface area contributed by atoms with E-state index in [-0.39, 0.29) is 5.78 Å². The molecular weight excluding hydrogens is 370 g/mol. The molecule has 1 heterocycles. The van der Waals surface area contributed by atoms with E-state index in [1.807, 2.05) is 36.4 Å². The summed E-state index contributed by atoms with van der Waals surface area (Å²) in [7, 11) is 0. The molecule has 24 heavy (non-hydrogen) atoms. The molecule has 0 spiro atoms. The van der Waals surface area contributed by atoms with Crippen molar-refractivity contribution >= 4 is 44.9 Å². The topological polar surface area (TPSA) is 79.8 Å². The Morgan fingerprint density at radius 2 is 1.79 bits per heavy atom. The van der Waals surface area contributed by atoms with Gasteiger partial charge in [-0.15, -0.1) is 5.10 Å². The molecule has 1 aromatic heterocycles. The van der Waals surface area contributed by atoms with Crippen LogP contribution in [0.5, 0.6) is 0 Å². The third kappa shape index (κ3) is 3.94. The molecule has 0 unspecified atom stereocenters. The summed E-state index contributed by atoms with van der Waals surface area (Å²) in [5, 5.41) is 14.2. The van der Waals surface area contributed by atoms with Gasteiger partial charge in [-0.3, -0.25) is 4.79 Å². The first-order valence-corrected chi connectivity index (χ1v) is 8.00. The second kappa shape index (κ2) is 7.18. The highest BCUT2D eigenvalue weighted by Gasteiger charge is 2.05. The first-order chi connectivity index (χ1) is 11.6. The molecule has 0 saturated carbocycles. The summed E-state index contributed by atoms with van der Waals surface area (Å²) in [6.07, 6.45) is 1.53. The van der Waals surface area contributed by atoms with E-state index in [1.54, 1.807) is 12.1 Å². The first kappa shape index (κ1) is 16.1. The monoisotopic (exact) mass is 383 g/mol. The van der Waals surface area contributed by atoms with E-state index in [9.17, 15) is 4.79 Å². The van der Waals surface area contributed by atoms with Gasteiger partial charge in [0.2, 0.25) is 5.95 Å². The maximum Gasteiger partial charge on any atom is 0.249 e. The first-order valence-electron chi connectivity index (χ1n) is 7.21. The molecule has 0 aliphatic heterocycles. The van der Waals surface area contributed by atoms with Gasteiger partial charge in [0.15, 0.2) is 11.6 Å². The number of aromatic nitrogens is 3. The van der Waals surface area contributed by atoms with Crippen LogP contribution in [0.2, 0.25) is 0 Å². The zero-order valence-corrected chi connectivity index (χ0v) is 14.4. The van der Waals surface area contributed by atoms with Crippen molar-refractivity contribution < 1.29 is 4.79 Å². The minimum Gasteiger partial charge on any atom is -0.339 e. The maximum absolute atomic E-state index is 11.3. The minimum atomic E-state index is 0.0326. The molecular formula is C17H14BrN5O. The fourth-order valence-electron chi connectivity index (χ4n) is 2.04. The summed E-state index contributed by atoms with van der Waals surface area (Å²) in [6, 6.07) is 14.8. The fraction of sp³-hybridized carbons (Fsp3) is 0.0588. The Balaban J connectivity index is 1.75. The van der Waals surface area contributed by atoms with Gasteiger partial charge in [-0.25, -0.2) is 0 Å². The highest BCUT2D eigenvalue weighted by atomic mass is 79.9. The lowest BCUT2D eigenvalue weighted by Crippen LogP contribution is -2.03. The Kier molecular flexibility index (Phi) is 4.81. The van der Waals surface area contributed by atoms with Gasteiger partial charge < -0.3 is 10.6 Å². The zero-order chi connectivity index (χ0) is 16.9. The summed E-state index contributed by atoms with van der Waals surface area (Å²) in [6.45, 7) is 1.54. The van der Waals surface area contributed by atoms with E-state index < -0.39 is 0 Å². The lowest BCUT2D eigenvalue weighted by atomic mass is 10.1. The van der Waals surface area contributed by atoms with Gasteiger partial charge in [-0.05, 0) is 59.3 Å². The molecule has 0 fully saturated rings. The number of nitrogens with zero attached hydrogens (tertiary/aromatic N) is 3. The third-order valence-corrected chi connectivity index (χ3v) is 3.93. The smallest absolute Gasteiger partial charge is 0.249 e. The number of hydrogen-bond donors (Lipinski definition) is 2. The highest BCUT2D eigenvalue weighted by molar-refractivity contribution is 9.10. The van der Waals surface area contributed by atoms with Crippen molar-refractivity contribution in [2.75, 3.05) is 10.6 Å². The van der Waals surface area contributed by atoms with Crippen molar-refractivity contribution in [3.8, 4) is 0 Å². The molecule has 0 aliphatic rings. The lowest BCUT2D eigenvalue weighted by Gasteiger charge is -2.09. The van der Waals surface area contributed by atoms with E-state index in [2.05, 4.69) is 41.7 Å². The lowest BCUT2D eigenvalue weighted by molar-refractivity contribution is 0.101. The van der Waals surface area contributed by atoms with Crippen LogP contribution < -0.4 is 10.6 Å². The SMILES string of the molecule is CC(=O)c1ccc(Nc2cnnc(Nc3ccccc3Br)n2)cc1. The Morgan fingerprint density at radius 3 is 2.50 bits per heavy atom. The van der Waals surface area contributed by atoms with E-state index in [0.29, 0.717) is 17.3 Å². The van der Waals surface area contributed by atoms with Crippen molar-refractivity contribution in [2.24, 2.45) is 0 Å². The van der Waals surface area contributed by atoms with Crippen LogP contribution in [0.25, 0.3) is 0 Å². The number of ketones is 1. The number of rotatable bonds is 5. The summed E-state index contributed by atoms with van der Waals surface area (Å²) >= 11 is 3.46. The zero-order valence-electron chi connectivity index (χ0n) is 12.8. The molecule has 120 valence electrons. The van der Waals surface area contributed by atoms with Crippen LogP contribution in [0.3, 0.4) is 0 Å². The predicted molar refractivity (Wildman–Crippen MR) is 97.0 cm³/mol. The molecule has 2 N–H and O–H groups in total. The van der Waals surface area contributed by atoms with Crippen LogP contribution in [-0.4, -0.2) is 21.0 Å².